The summed E-state index contributed by atoms with van der Waals surface area (Å²) in [5, 5.41) is 12.0. The number of hydrogen-bond donors (Lipinski definition) is 1. The van der Waals surface area contributed by atoms with Gasteiger partial charge in [-0.05, 0) is 31.1 Å². The predicted octanol–water partition coefficient (Wildman–Crippen LogP) is 0.749. The first-order chi connectivity index (χ1) is 7.88. The molecule has 16 heavy (non-hydrogen) atoms. The van der Waals surface area contributed by atoms with Crippen molar-refractivity contribution in [3.8, 4) is 6.07 Å². The van der Waals surface area contributed by atoms with Gasteiger partial charge in [-0.25, -0.2) is 4.98 Å². The minimum atomic E-state index is 0.487. The van der Waals surface area contributed by atoms with Crippen molar-refractivity contribution >= 4 is 0 Å². The first kappa shape index (κ1) is 11.1. The first-order valence-electron chi connectivity index (χ1n) is 5.66. The highest BCUT2D eigenvalue weighted by molar-refractivity contribution is 5.23. The number of pyridine rings is 1. The van der Waals surface area contributed by atoms with Gasteiger partial charge < -0.3 is 5.32 Å². The Morgan fingerprint density at radius 3 is 3.06 bits per heavy atom. The molecular formula is C12H16N4. The maximum atomic E-state index is 8.66. The molecule has 1 N–H and O–H groups in total. The maximum Gasteiger partial charge on any atom is 0.140 e. The summed E-state index contributed by atoms with van der Waals surface area (Å²) in [6.07, 6.45) is 3.00. The molecule has 4 heteroatoms. The summed E-state index contributed by atoms with van der Waals surface area (Å²) in [5.74, 6) is 0. The van der Waals surface area contributed by atoms with Crippen molar-refractivity contribution in [2.24, 2.45) is 0 Å². The predicted molar refractivity (Wildman–Crippen MR) is 61.7 cm³/mol. The summed E-state index contributed by atoms with van der Waals surface area (Å²) in [5.41, 5.74) is 1.67. The SMILES string of the molecule is N#Cc1ccc(CN2CCCNCC2)cn1. The second-order valence-corrected chi connectivity index (χ2v) is 4.04. The van der Waals surface area contributed by atoms with Gasteiger partial charge in [0.15, 0.2) is 0 Å². The molecule has 2 heterocycles. The molecule has 0 unspecified atom stereocenters. The van der Waals surface area contributed by atoms with Crippen LogP contribution in [0.3, 0.4) is 0 Å². The molecule has 0 bridgehead atoms. The van der Waals surface area contributed by atoms with E-state index in [1.54, 1.807) is 12.3 Å². The number of rotatable bonds is 2. The van der Waals surface area contributed by atoms with Crippen LogP contribution in [0.5, 0.6) is 0 Å². The molecule has 84 valence electrons. The van der Waals surface area contributed by atoms with Gasteiger partial charge >= 0.3 is 0 Å². The van der Waals surface area contributed by atoms with Gasteiger partial charge in [-0.15, -0.1) is 0 Å². The van der Waals surface area contributed by atoms with Crippen molar-refractivity contribution in [1.29, 1.82) is 5.26 Å². The van der Waals surface area contributed by atoms with Crippen LogP contribution in [0.1, 0.15) is 17.7 Å². The lowest BCUT2D eigenvalue weighted by atomic mass is 10.2. The van der Waals surface area contributed by atoms with E-state index in [0.29, 0.717) is 5.69 Å². The zero-order valence-corrected chi connectivity index (χ0v) is 9.32. The van der Waals surface area contributed by atoms with E-state index in [1.807, 2.05) is 12.1 Å². The van der Waals surface area contributed by atoms with Crippen molar-refractivity contribution in [1.82, 2.24) is 15.2 Å². The number of nitriles is 1. The fraction of sp³-hybridized carbons (Fsp3) is 0.500. The Labute approximate surface area is 95.9 Å². The van der Waals surface area contributed by atoms with Gasteiger partial charge in [0.05, 0.1) is 0 Å². The van der Waals surface area contributed by atoms with Crippen LogP contribution in [0, 0.1) is 11.3 Å². The number of nitrogens with zero attached hydrogens (tertiary/aromatic N) is 3. The molecule has 1 aliphatic rings. The number of nitrogens with one attached hydrogen (secondary N) is 1. The van der Waals surface area contributed by atoms with Gasteiger partial charge in [0.1, 0.15) is 11.8 Å². The molecule has 0 aliphatic carbocycles. The molecule has 4 nitrogen and oxygen atoms in total. The van der Waals surface area contributed by atoms with Crippen molar-refractivity contribution in [2.75, 3.05) is 26.2 Å². The summed E-state index contributed by atoms with van der Waals surface area (Å²) in [4.78, 5) is 6.50. The summed E-state index contributed by atoms with van der Waals surface area (Å²) in [6.45, 7) is 5.32. The third-order valence-corrected chi connectivity index (χ3v) is 2.78. The highest BCUT2D eigenvalue weighted by Crippen LogP contribution is 2.05. The van der Waals surface area contributed by atoms with Gasteiger partial charge in [-0.2, -0.15) is 5.26 Å². The van der Waals surface area contributed by atoms with Crippen molar-refractivity contribution in [3.63, 3.8) is 0 Å². The van der Waals surface area contributed by atoms with Crippen molar-refractivity contribution in [3.05, 3.63) is 29.6 Å². The van der Waals surface area contributed by atoms with Crippen LogP contribution in [0.2, 0.25) is 0 Å². The van der Waals surface area contributed by atoms with E-state index in [2.05, 4.69) is 15.2 Å². The zero-order valence-electron chi connectivity index (χ0n) is 9.32. The van der Waals surface area contributed by atoms with Crippen LogP contribution in [-0.4, -0.2) is 36.1 Å². The van der Waals surface area contributed by atoms with Crippen LogP contribution in [-0.2, 0) is 6.54 Å². The third kappa shape index (κ3) is 3.02. The second-order valence-electron chi connectivity index (χ2n) is 4.04. The monoisotopic (exact) mass is 216 g/mol. The molecule has 1 fully saturated rings. The van der Waals surface area contributed by atoms with Crippen LogP contribution in [0.4, 0.5) is 0 Å². The van der Waals surface area contributed by atoms with Crippen LogP contribution in [0.15, 0.2) is 18.3 Å². The Morgan fingerprint density at radius 1 is 1.38 bits per heavy atom. The van der Waals surface area contributed by atoms with Gasteiger partial charge in [0.2, 0.25) is 0 Å². The fourth-order valence-corrected chi connectivity index (χ4v) is 1.90. The molecule has 2 rings (SSSR count). The minimum absolute atomic E-state index is 0.487. The van der Waals surface area contributed by atoms with Gasteiger partial charge in [-0.3, -0.25) is 4.90 Å². The summed E-state index contributed by atoms with van der Waals surface area (Å²) < 4.78 is 0. The van der Waals surface area contributed by atoms with Crippen LogP contribution in [0.25, 0.3) is 0 Å². The summed E-state index contributed by atoms with van der Waals surface area (Å²) in [7, 11) is 0. The van der Waals surface area contributed by atoms with Crippen molar-refractivity contribution < 1.29 is 0 Å². The third-order valence-electron chi connectivity index (χ3n) is 2.78. The highest BCUT2D eigenvalue weighted by atomic mass is 15.1. The lowest BCUT2D eigenvalue weighted by molar-refractivity contribution is 0.284. The molecule has 0 amide bonds. The summed E-state index contributed by atoms with van der Waals surface area (Å²) in [6, 6.07) is 5.81. The molecule has 1 aromatic heterocycles. The summed E-state index contributed by atoms with van der Waals surface area (Å²) >= 11 is 0. The average Bonchev–Trinajstić information content (AvgIpc) is 2.59. The normalized spacial score (nSPS) is 17.7. The molecule has 0 spiro atoms. The Morgan fingerprint density at radius 2 is 2.31 bits per heavy atom. The molecule has 0 atom stereocenters. The lowest BCUT2D eigenvalue weighted by Crippen LogP contribution is -2.27. The van der Waals surface area contributed by atoms with E-state index in [0.717, 1.165) is 32.7 Å². The standard InChI is InChI=1S/C12H16N4/c13-8-12-3-2-11(9-15-12)10-16-6-1-4-14-5-7-16/h2-3,9,14H,1,4-7,10H2. The zero-order chi connectivity index (χ0) is 11.2. The molecule has 0 radical (unpaired) electrons. The smallest absolute Gasteiger partial charge is 0.140 e. The van der Waals surface area contributed by atoms with Crippen molar-refractivity contribution in [2.45, 2.75) is 13.0 Å². The topological polar surface area (TPSA) is 52.0 Å². The molecule has 1 aliphatic heterocycles. The van der Waals surface area contributed by atoms with E-state index in [-0.39, 0.29) is 0 Å². The Balaban J connectivity index is 1.94. The second kappa shape index (κ2) is 5.59. The van der Waals surface area contributed by atoms with Gasteiger partial charge in [0, 0.05) is 25.8 Å². The van der Waals surface area contributed by atoms with Crippen LogP contribution < -0.4 is 5.32 Å². The Kier molecular flexibility index (Phi) is 3.86. The van der Waals surface area contributed by atoms with E-state index >= 15 is 0 Å². The van der Waals surface area contributed by atoms with Crippen LogP contribution >= 0.6 is 0 Å². The lowest BCUT2D eigenvalue weighted by Gasteiger charge is -2.18. The number of aromatic nitrogens is 1. The van der Waals surface area contributed by atoms with E-state index in [9.17, 15) is 0 Å². The van der Waals surface area contributed by atoms with E-state index in [4.69, 9.17) is 5.26 Å². The molecule has 0 aromatic carbocycles. The molecular weight excluding hydrogens is 200 g/mol. The molecule has 1 aromatic rings. The maximum absolute atomic E-state index is 8.66. The number of hydrogen-bond acceptors (Lipinski definition) is 4. The fourth-order valence-electron chi connectivity index (χ4n) is 1.90. The molecule has 0 saturated carbocycles. The highest BCUT2D eigenvalue weighted by Gasteiger charge is 2.08. The molecule has 1 saturated heterocycles. The van der Waals surface area contributed by atoms with Gasteiger partial charge in [-0.1, -0.05) is 6.07 Å². The minimum Gasteiger partial charge on any atom is -0.315 e. The van der Waals surface area contributed by atoms with Gasteiger partial charge in [0.25, 0.3) is 0 Å². The van der Waals surface area contributed by atoms with E-state index < -0.39 is 0 Å². The van der Waals surface area contributed by atoms with E-state index in [1.165, 1.54) is 12.0 Å². The Bertz CT molecular complexity index is 358. The first-order valence-corrected chi connectivity index (χ1v) is 5.66. The Hall–Kier alpha value is -1.44. The average molecular weight is 216 g/mol. The largest absolute Gasteiger partial charge is 0.315 e. The quantitative estimate of drug-likeness (QED) is 0.792.